The summed E-state index contributed by atoms with van der Waals surface area (Å²) in [5, 5.41) is 4.56. The Kier molecular flexibility index (Phi) is 3.26. The molecule has 0 atom stereocenters. The monoisotopic (exact) mass is 250 g/mol. The van der Waals surface area contributed by atoms with Crippen molar-refractivity contribution in [2.75, 3.05) is 18.0 Å². The molecule has 0 bridgehead atoms. The van der Waals surface area contributed by atoms with Crippen molar-refractivity contribution in [1.82, 2.24) is 5.32 Å². The summed E-state index contributed by atoms with van der Waals surface area (Å²) in [5.41, 5.74) is 1.27. The van der Waals surface area contributed by atoms with Gasteiger partial charge in [0.05, 0.1) is 0 Å². The average molecular weight is 251 g/mol. The molecule has 0 unspecified atom stereocenters. The Labute approximate surface area is 108 Å². The Morgan fingerprint density at radius 2 is 1.76 bits per heavy atom. The summed E-state index contributed by atoms with van der Waals surface area (Å²) >= 11 is 6.03. The highest BCUT2D eigenvalue weighted by Gasteiger charge is 2.27. The molecule has 3 rings (SSSR count). The van der Waals surface area contributed by atoms with Gasteiger partial charge in [0, 0.05) is 35.9 Å². The number of nitrogens with one attached hydrogen (secondary N) is 1. The van der Waals surface area contributed by atoms with Gasteiger partial charge in [0.2, 0.25) is 0 Å². The molecular weight excluding hydrogens is 232 g/mol. The number of rotatable bonds is 3. The van der Waals surface area contributed by atoms with E-state index in [0.29, 0.717) is 0 Å². The van der Waals surface area contributed by atoms with Crippen LogP contribution in [0.1, 0.15) is 25.7 Å². The number of halogens is 1. The maximum Gasteiger partial charge on any atom is 0.0426 e. The molecule has 2 aliphatic rings. The first-order valence-electron chi connectivity index (χ1n) is 6.58. The summed E-state index contributed by atoms with van der Waals surface area (Å²) in [6, 6.07) is 9.76. The normalized spacial score (nSPS) is 21.8. The summed E-state index contributed by atoms with van der Waals surface area (Å²) in [5.74, 6) is 0. The van der Waals surface area contributed by atoms with E-state index < -0.39 is 0 Å². The molecule has 0 spiro atoms. The zero-order chi connectivity index (χ0) is 11.7. The predicted molar refractivity (Wildman–Crippen MR) is 72.8 cm³/mol. The summed E-state index contributed by atoms with van der Waals surface area (Å²) < 4.78 is 0. The molecule has 17 heavy (non-hydrogen) atoms. The van der Waals surface area contributed by atoms with E-state index in [-0.39, 0.29) is 0 Å². The third-order valence-electron chi connectivity index (χ3n) is 3.72. The maximum absolute atomic E-state index is 6.03. The van der Waals surface area contributed by atoms with E-state index >= 15 is 0 Å². The molecule has 2 nitrogen and oxygen atoms in total. The molecule has 0 amide bonds. The van der Waals surface area contributed by atoms with Crippen molar-refractivity contribution >= 4 is 17.3 Å². The van der Waals surface area contributed by atoms with Crippen molar-refractivity contribution in [3.63, 3.8) is 0 Å². The van der Waals surface area contributed by atoms with Crippen molar-refractivity contribution in [3.05, 3.63) is 29.3 Å². The number of benzene rings is 1. The first-order chi connectivity index (χ1) is 8.31. The molecule has 1 aromatic carbocycles. The van der Waals surface area contributed by atoms with Crippen LogP contribution >= 0.6 is 11.6 Å². The van der Waals surface area contributed by atoms with E-state index in [9.17, 15) is 0 Å². The fraction of sp³-hybridized carbons (Fsp3) is 0.571. The number of nitrogens with zero attached hydrogens (tertiary/aromatic N) is 1. The fourth-order valence-electron chi connectivity index (χ4n) is 2.56. The summed E-state index contributed by atoms with van der Waals surface area (Å²) in [6.45, 7) is 2.29. The van der Waals surface area contributed by atoms with E-state index in [1.807, 2.05) is 12.1 Å². The molecule has 1 aliphatic carbocycles. The Hall–Kier alpha value is -0.730. The molecule has 1 N–H and O–H groups in total. The standard InChI is InChI=1S/C14H19ClN2/c15-11-2-1-3-14(10-11)17-8-6-13(7-9-17)16-12-4-5-12/h1-3,10,12-13,16H,4-9H2. The first-order valence-corrected chi connectivity index (χ1v) is 6.95. The Morgan fingerprint density at radius 1 is 1.06 bits per heavy atom. The van der Waals surface area contributed by atoms with Crippen molar-refractivity contribution in [2.45, 2.75) is 37.8 Å². The molecule has 1 heterocycles. The highest BCUT2D eigenvalue weighted by Crippen LogP contribution is 2.25. The predicted octanol–water partition coefficient (Wildman–Crippen LogP) is 3.06. The van der Waals surface area contributed by atoms with Gasteiger partial charge in [-0.25, -0.2) is 0 Å². The highest BCUT2D eigenvalue weighted by atomic mass is 35.5. The van der Waals surface area contributed by atoms with Crippen molar-refractivity contribution in [3.8, 4) is 0 Å². The van der Waals surface area contributed by atoms with Gasteiger partial charge in [-0.05, 0) is 43.9 Å². The minimum atomic E-state index is 0.734. The van der Waals surface area contributed by atoms with Gasteiger partial charge in [0.15, 0.2) is 0 Å². The third-order valence-corrected chi connectivity index (χ3v) is 3.95. The molecule has 0 aromatic heterocycles. The number of hydrogen-bond acceptors (Lipinski definition) is 2. The van der Waals surface area contributed by atoms with Gasteiger partial charge in [-0.1, -0.05) is 17.7 Å². The average Bonchev–Trinajstić information content (AvgIpc) is 3.14. The van der Waals surface area contributed by atoms with Crippen LogP contribution in [0.5, 0.6) is 0 Å². The van der Waals surface area contributed by atoms with Gasteiger partial charge >= 0.3 is 0 Å². The zero-order valence-electron chi connectivity index (χ0n) is 10.0. The first kappa shape index (κ1) is 11.4. The minimum absolute atomic E-state index is 0.734. The van der Waals surface area contributed by atoms with E-state index in [0.717, 1.165) is 30.2 Å². The Bertz CT molecular complexity index is 382. The largest absolute Gasteiger partial charge is 0.371 e. The molecule has 0 radical (unpaired) electrons. The highest BCUT2D eigenvalue weighted by molar-refractivity contribution is 6.30. The minimum Gasteiger partial charge on any atom is -0.371 e. The van der Waals surface area contributed by atoms with Crippen LogP contribution in [0.2, 0.25) is 5.02 Å². The lowest BCUT2D eigenvalue weighted by molar-refractivity contribution is 0.413. The lowest BCUT2D eigenvalue weighted by Gasteiger charge is -2.34. The van der Waals surface area contributed by atoms with Crippen LogP contribution in [0.25, 0.3) is 0 Å². The lowest BCUT2D eigenvalue weighted by atomic mass is 10.0. The van der Waals surface area contributed by atoms with Crippen molar-refractivity contribution in [1.29, 1.82) is 0 Å². The molecule has 2 fully saturated rings. The molecule has 92 valence electrons. The Morgan fingerprint density at radius 3 is 2.41 bits per heavy atom. The molecule has 1 aromatic rings. The third kappa shape index (κ3) is 2.93. The van der Waals surface area contributed by atoms with E-state index in [2.05, 4.69) is 22.3 Å². The van der Waals surface area contributed by atoms with Crippen LogP contribution in [0.15, 0.2) is 24.3 Å². The van der Waals surface area contributed by atoms with Gasteiger partial charge in [-0.15, -0.1) is 0 Å². The van der Waals surface area contributed by atoms with Crippen LogP contribution in [0.4, 0.5) is 5.69 Å². The molecule has 3 heteroatoms. The van der Waals surface area contributed by atoms with Crippen LogP contribution in [0, 0.1) is 0 Å². The number of hydrogen-bond donors (Lipinski definition) is 1. The van der Waals surface area contributed by atoms with Crippen LogP contribution in [-0.2, 0) is 0 Å². The van der Waals surface area contributed by atoms with Gasteiger partial charge in [-0.2, -0.15) is 0 Å². The number of piperidine rings is 1. The van der Waals surface area contributed by atoms with Crippen LogP contribution in [0.3, 0.4) is 0 Å². The van der Waals surface area contributed by atoms with Gasteiger partial charge in [0.1, 0.15) is 0 Å². The molecule has 1 saturated heterocycles. The van der Waals surface area contributed by atoms with E-state index in [4.69, 9.17) is 11.6 Å². The summed E-state index contributed by atoms with van der Waals surface area (Å²) in [4.78, 5) is 2.44. The summed E-state index contributed by atoms with van der Waals surface area (Å²) in [6.07, 6.45) is 5.27. The van der Waals surface area contributed by atoms with Crippen molar-refractivity contribution < 1.29 is 0 Å². The van der Waals surface area contributed by atoms with Crippen LogP contribution < -0.4 is 10.2 Å². The fourth-order valence-corrected chi connectivity index (χ4v) is 2.75. The van der Waals surface area contributed by atoms with Gasteiger partial charge in [0.25, 0.3) is 0 Å². The molecular formula is C14H19ClN2. The second-order valence-electron chi connectivity index (χ2n) is 5.18. The quantitative estimate of drug-likeness (QED) is 0.887. The topological polar surface area (TPSA) is 15.3 Å². The van der Waals surface area contributed by atoms with Crippen LogP contribution in [-0.4, -0.2) is 25.2 Å². The lowest BCUT2D eigenvalue weighted by Crippen LogP contribution is -2.43. The van der Waals surface area contributed by atoms with E-state index in [1.54, 1.807) is 0 Å². The SMILES string of the molecule is Clc1cccc(N2CCC(NC3CC3)CC2)c1. The molecule has 1 saturated carbocycles. The summed E-state index contributed by atoms with van der Waals surface area (Å²) in [7, 11) is 0. The second-order valence-corrected chi connectivity index (χ2v) is 5.62. The second kappa shape index (κ2) is 4.87. The van der Waals surface area contributed by atoms with Crippen molar-refractivity contribution in [2.24, 2.45) is 0 Å². The zero-order valence-corrected chi connectivity index (χ0v) is 10.8. The van der Waals surface area contributed by atoms with Gasteiger partial charge < -0.3 is 10.2 Å². The Balaban J connectivity index is 1.56. The molecule has 1 aliphatic heterocycles. The van der Waals surface area contributed by atoms with E-state index in [1.165, 1.54) is 31.4 Å². The maximum atomic E-state index is 6.03. The smallest absolute Gasteiger partial charge is 0.0426 e. The van der Waals surface area contributed by atoms with Gasteiger partial charge in [-0.3, -0.25) is 0 Å². The number of anilines is 1.